The van der Waals surface area contributed by atoms with Crippen molar-refractivity contribution >= 4 is 5.91 Å². The lowest BCUT2D eigenvalue weighted by Gasteiger charge is -2.22. The first-order valence-corrected chi connectivity index (χ1v) is 7.49. The van der Waals surface area contributed by atoms with Crippen LogP contribution in [0, 0.1) is 6.92 Å². The van der Waals surface area contributed by atoms with Crippen molar-refractivity contribution in [3.8, 4) is 0 Å². The Balaban J connectivity index is 1.92. The zero-order valence-corrected chi connectivity index (χ0v) is 12.3. The number of hydrogen-bond donors (Lipinski definition) is 1. The fraction of sp³-hybridized carbons (Fsp3) is 0.562. The lowest BCUT2D eigenvalue weighted by molar-refractivity contribution is 0.0761. The molecule has 1 aromatic carbocycles. The van der Waals surface area contributed by atoms with Crippen LogP contribution in [0.15, 0.2) is 24.3 Å². The zero-order valence-electron chi connectivity index (χ0n) is 12.3. The molecule has 0 bridgehead atoms. The lowest BCUT2D eigenvalue weighted by atomic mass is 10.1. The van der Waals surface area contributed by atoms with Crippen LogP contribution in [0.5, 0.6) is 0 Å². The predicted octanol–water partition coefficient (Wildman–Crippen LogP) is 1.49. The summed E-state index contributed by atoms with van der Waals surface area (Å²) in [4.78, 5) is 16.9. The molecular weight excluding hydrogens is 250 g/mol. The highest BCUT2D eigenvalue weighted by atomic mass is 16.2. The first-order valence-electron chi connectivity index (χ1n) is 7.49. The molecule has 0 spiro atoms. The third-order valence-corrected chi connectivity index (χ3v) is 3.85. The van der Waals surface area contributed by atoms with E-state index in [4.69, 9.17) is 5.73 Å². The van der Waals surface area contributed by atoms with E-state index in [1.807, 2.05) is 36.1 Å². The average molecular weight is 275 g/mol. The number of hydrogen-bond acceptors (Lipinski definition) is 3. The van der Waals surface area contributed by atoms with E-state index in [0.29, 0.717) is 0 Å². The van der Waals surface area contributed by atoms with E-state index >= 15 is 0 Å². The summed E-state index contributed by atoms with van der Waals surface area (Å²) in [6.07, 6.45) is 2.08. The number of carbonyl (C=O) groups is 1. The van der Waals surface area contributed by atoms with Gasteiger partial charge in [0.15, 0.2) is 0 Å². The Morgan fingerprint density at radius 1 is 1.15 bits per heavy atom. The van der Waals surface area contributed by atoms with Gasteiger partial charge in [0, 0.05) is 25.2 Å². The van der Waals surface area contributed by atoms with Crippen LogP contribution in [-0.2, 0) is 0 Å². The number of carbonyl (C=O) groups excluding carboxylic acids is 1. The topological polar surface area (TPSA) is 49.6 Å². The maximum Gasteiger partial charge on any atom is 0.253 e. The van der Waals surface area contributed by atoms with E-state index in [9.17, 15) is 4.79 Å². The predicted molar refractivity (Wildman–Crippen MR) is 81.8 cm³/mol. The molecule has 1 saturated heterocycles. The minimum Gasteiger partial charge on any atom is -0.337 e. The molecule has 2 N–H and O–H groups in total. The second-order valence-electron chi connectivity index (χ2n) is 5.50. The van der Waals surface area contributed by atoms with Crippen LogP contribution in [0.2, 0.25) is 0 Å². The highest BCUT2D eigenvalue weighted by Crippen LogP contribution is 2.10. The quantitative estimate of drug-likeness (QED) is 0.906. The van der Waals surface area contributed by atoms with Gasteiger partial charge in [-0.15, -0.1) is 0 Å². The van der Waals surface area contributed by atoms with Crippen LogP contribution in [0.25, 0.3) is 0 Å². The summed E-state index contributed by atoms with van der Waals surface area (Å²) in [6.45, 7) is 7.51. The van der Waals surface area contributed by atoms with Gasteiger partial charge in [-0.25, -0.2) is 0 Å². The van der Waals surface area contributed by atoms with E-state index in [2.05, 4.69) is 4.90 Å². The van der Waals surface area contributed by atoms with E-state index < -0.39 is 0 Å². The van der Waals surface area contributed by atoms with Gasteiger partial charge in [0.2, 0.25) is 0 Å². The Morgan fingerprint density at radius 3 is 2.60 bits per heavy atom. The molecule has 0 unspecified atom stereocenters. The first-order chi connectivity index (χ1) is 9.70. The number of rotatable bonds is 4. The van der Waals surface area contributed by atoms with Gasteiger partial charge in [-0.3, -0.25) is 4.79 Å². The molecule has 1 aliphatic rings. The van der Waals surface area contributed by atoms with E-state index in [0.717, 1.165) is 57.7 Å². The summed E-state index contributed by atoms with van der Waals surface area (Å²) >= 11 is 0. The molecule has 0 radical (unpaired) electrons. The Labute approximate surface area is 121 Å². The van der Waals surface area contributed by atoms with E-state index in [1.54, 1.807) is 0 Å². The Hall–Kier alpha value is -1.39. The molecule has 4 nitrogen and oxygen atoms in total. The van der Waals surface area contributed by atoms with Crippen molar-refractivity contribution in [3.05, 3.63) is 35.4 Å². The highest BCUT2D eigenvalue weighted by molar-refractivity contribution is 5.94. The minimum atomic E-state index is 0.158. The van der Waals surface area contributed by atoms with Gasteiger partial charge < -0.3 is 15.5 Å². The molecular formula is C16H25N3O. The van der Waals surface area contributed by atoms with E-state index in [1.165, 1.54) is 5.56 Å². The van der Waals surface area contributed by atoms with Crippen molar-refractivity contribution < 1.29 is 4.79 Å². The summed E-state index contributed by atoms with van der Waals surface area (Å²) in [5, 5.41) is 0. The second-order valence-corrected chi connectivity index (χ2v) is 5.50. The van der Waals surface area contributed by atoms with Crippen LogP contribution in [0.1, 0.15) is 28.8 Å². The molecule has 4 heteroatoms. The van der Waals surface area contributed by atoms with Crippen molar-refractivity contribution in [1.82, 2.24) is 9.80 Å². The molecule has 110 valence electrons. The highest BCUT2D eigenvalue weighted by Gasteiger charge is 2.19. The molecule has 0 atom stereocenters. The Bertz CT molecular complexity index is 430. The molecule has 20 heavy (non-hydrogen) atoms. The maximum atomic E-state index is 12.5. The number of amides is 1. The van der Waals surface area contributed by atoms with Gasteiger partial charge >= 0.3 is 0 Å². The van der Waals surface area contributed by atoms with Gasteiger partial charge in [0.1, 0.15) is 0 Å². The second kappa shape index (κ2) is 7.41. The number of nitrogens with two attached hydrogens (primary N) is 1. The van der Waals surface area contributed by atoms with Gasteiger partial charge in [0.25, 0.3) is 5.91 Å². The number of aryl methyl sites for hydroxylation is 1. The van der Waals surface area contributed by atoms with Crippen LogP contribution >= 0.6 is 0 Å². The molecule has 0 aliphatic carbocycles. The number of benzene rings is 1. The van der Waals surface area contributed by atoms with Crippen molar-refractivity contribution in [1.29, 1.82) is 0 Å². The molecule has 2 rings (SSSR count). The summed E-state index contributed by atoms with van der Waals surface area (Å²) in [6, 6.07) is 7.85. The van der Waals surface area contributed by atoms with E-state index in [-0.39, 0.29) is 5.91 Å². The third kappa shape index (κ3) is 4.05. The largest absolute Gasteiger partial charge is 0.337 e. The third-order valence-electron chi connectivity index (χ3n) is 3.85. The molecule has 0 aromatic heterocycles. The maximum absolute atomic E-state index is 12.5. The molecule has 0 saturated carbocycles. The van der Waals surface area contributed by atoms with Crippen molar-refractivity contribution in [3.63, 3.8) is 0 Å². The SMILES string of the molecule is Cc1ccc(C(=O)N2CCCN(CCCN)CC2)cc1. The minimum absolute atomic E-state index is 0.158. The zero-order chi connectivity index (χ0) is 14.4. The van der Waals surface area contributed by atoms with Crippen molar-refractivity contribution in [2.75, 3.05) is 39.3 Å². The fourth-order valence-corrected chi connectivity index (χ4v) is 2.59. The van der Waals surface area contributed by atoms with Gasteiger partial charge in [-0.1, -0.05) is 17.7 Å². The molecule has 1 aromatic rings. The standard InChI is InChI=1S/C16H25N3O/c1-14-4-6-15(7-5-14)16(20)19-11-3-10-18(12-13-19)9-2-8-17/h4-7H,2-3,8-13,17H2,1H3. The lowest BCUT2D eigenvalue weighted by Crippen LogP contribution is -2.35. The molecule has 1 heterocycles. The molecule has 1 fully saturated rings. The van der Waals surface area contributed by atoms with Crippen molar-refractivity contribution in [2.24, 2.45) is 5.73 Å². The fourth-order valence-electron chi connectivity index (χ4n) is 2.59. The average Bonchev–Trinajstić information content (AvgIpc) is 2.70. The Kier molecular flexibility index (Phi) is 5.56. The number of nitrogens with zero attached hydrogens (tertiary/aromatic N) is 2. The summed E-state index contributed by atoms with van der Waals surface area (Å²) in [5.74, 6) is 0.158. The van der Waals surface area contributed by atoms with Gasteiger partial charge in [-0.05, 0) is 51.5 Å². The van der Waals surface area contributed by atoms with Crippen LogP contribution in [0.3, 0.4) is 0 Å². The smallest absolute Gasteiger partial charge is 0.253 e. The first kappa shape index (κ1) is 15.0. The van der Waals surface area contributed by atoms with Crippen LogP contribution in [0.4, 0.5) is 0 Å². The normalized spacial score (nSPS) is 17.0. The molecule has 1 aliphatic heterocycles. The van der Waals surface area contributed by atoms with Gasteiger partial charge in [-0.2, -0.15) is 0 Å². The monoisotopic (exact) mass is 275 g/mol. The summed E-state index contributed by atoms with van der Waals surface area (Å²) < 4.78 is 0. The Morgan fingerprint density at radius 2 is 1.90 bits per heavy atom. The van der Waals surface area contributed by atoms with Gasteiger partial charge in [0.05, 0.1) is 0 Å². The van der Waals surface area contributed by atoms with Crippen LogP contribution in [-0.4, -0.2) is 55.0 Å². The van der Waals surface area contributed by atoms with Crippen LogP contribution < -0.4 is 5.73 Å². The summed E-state index contributed by atoms with van der Waals surface area (Å²) in [7, 11) is 0. The van der Waals surface area contributed by atoms with Crippen molar-refractivity contribution in [2.45, 2.75) is 19.8 Å². The summed E-state index contributed by atoms with van der Waals surface area (Å²) in [5.41, 5.74) is 7.54. The molecule has 1 amide bonds.